The van der Waals surface area contributed by atoms with Crippen molar-refractivity contribution in [2.45, 2.75) is 44.9 Å². The SMILES string of the molecule is CC(C)c1noc(N2CCC(C(Oc3nc4ccc(-c5ccnc(F)c5)nc4s3)C(F)(F)F)CC2)n1. The lowest BCUT2D eigenvalue weighted by Gasteiger charge is -2.35. The number of alkyl halides is 3. The third-order valence-electron chi connectivity index (χ3n) is 5.99. The van der Waals surface area contributed by atoms with Crippen molar-refractivity contribution in [2.75, 3.05) is 18.0 Å². The smallest absolute Gasteiger partial charge is 0.425 e. The van der Waals surface area contributed by atoms with Gasteiger partial charge in [0.05, 0.1) is 5.69 Å². The van der Waals surface area contributed by atoms with E-state index >= 15 is 0 Å². The number of hydrogen-bond acceptors (Lipinski definition) is 9. The van der Waals surface area contributed by atoms with E-state index in [9.17, 15) is 17.6 Å². The summed E-state index contributed by atoms with van der Waals surface area (Å²) in [5.41, 5.74) is 1.36. The van der Waals surface area contributed by atoms with Crippen molar-refractivity contribution in [1.29, 1.82) is 0 Å². The minimum absolute atomic E-state index is 0.0910. The molecular formula is C23H22F4N6O2S. The molecule has 36 heavy (non-hydrogen) atoms. The number of pyridine rings is 2. The van der Waals surface area contributed by atoms with Crippen LogP contribution in [0.15, 0.2) is 35.0 Å². The number of aromatic nitrogens is 5. The fourth-order valence-corrected chi connectivity index (χ4v) is 4.92. The highest BCUT2D eigenvalue weighted by Crippen LogP contribution is 2.38. The van der Waals surface area contributed by atoms with Crippen LogP contribution in [0.3, 0.4) is 0 Å². The van der Waals surface area contributed by atoms with Gasteiger partial charge in [-0.3, -0.25) is 0 Å². The molecule has 0 spiro atoms. The molecule has 0 radical (unpaired) electrons. The van der Waals surface area contributed by atoms with Crippen molar-refractivity contribution in [1.82, 2.24) is 25.1 Å². The molecule has 5 rings (SSSR count). The first-order valence-corrected chi connectivity index (χ1v) is 12.2. The zero-order valence-electron chi connectivity index (χ0n) is 19.4. The van der Waals surface area contributed by atoms with Gasteiger partial charge in [-0.15, -0.1) is 0 Å². The number of thiazole rings is 1. The summed E-state index contributed by atoms with van der Waals surface area (Å²) in [6.45, 7) is 4.55. The predicted octanol–water partition coefficient (Wildman–Crippen LogP) is 5.63. The molecule has 5 heterocycles. The minimum atomic E-state index is -4.58. The number of halogens is 4. The molecule has 1 aliphatic rings. The van der Waals surface area contributed by atoms with Crippen LogP contribution in [-0.2, 0) is 0 Å². The van der Waals surface area contributed by atoms with Crippen molar-refractivity contribution in [3.63, 3.8) is 0 Å². The standard InChI is InChI=1S/C23H22F4N6O2S/c1-12(2)19-31-21(35-32-19)33-9-6-13(7-10-33)18(23(25,26)27)34-22-30-16-4-3-15(29-20(16)36-22)14-5-8-28-17(24)11-14/h3-5,8,11-13,18H,6-7,9-10H2,1-2H3. The molecule has 1 saturated heterocycles. The van der Waals surface area contributed by atoms with Crippen molar-refractivity contribution in [2.24, 2.45) is 5.92 Å². The number of hydrogen-bond donors (Lipinski definition) is 0. The number of anilines is 1. The van der Waals surface area contributed by atoms with Gasteiger partial charge in [-0.05, 0) is 31.0 Å². The van der Waals surface area contributed by atoms with Crippen LogP contribution in [-0.4, -0.2) is 50.5 Å². The lowest BCUT2D eigenvalue weighted by Crippen LogP contribution is -2.46. The summed E-state index contributed by atoms with van der Waals surface area (Å²) in [5, 5.41) is 3.81. The second-order valence-electron chi connectivity index (χ2n) is 8.86. The van der Waals surface area contributed by atoms with E-state index in [0.717, 1.165) is 11.3 Å². The van der Waals surface area contributed by atoms with Crippen LogP contribution in [0.4, 0.5) is 23.6 Å². The number of nitrogens with zero attached hydrogens (tertiary/aromatic N) is 6. The van der Waals surface area contributed by atoms with E-state index in [-0.39, 0.29) is 24.0 Å². The maximum Gasteiger partial charge on any atom is 0.425 e. The minimum Gasteiger partial charge on any atom is -0.457 e. The zero-order chi connectivity index (χ0) is 25.4. The van der Waals surface area contributed by atoms with Crippen LogP contribution in [0.2, 0.25) is 0 Å². The molecule has 0 saturated carbocycles. The van der Waals surface area contributed by atoms with Crippen molar-refractivity contribution < 1.29 is 26.8 Å². The Morgan fingerprint density at radius 3 is 2.56 bits per heavy atom. The predicted molar refractivity (Wildman–Crippen MR) is 124 cm³/mol. The second-order valence-corrected chi connectivity index (χ2v) is 9.80. The second kappa shape index (κ2) is 9.60. The van der Waals surface area contributed by atoms with E-state index in [1.807, 2.05) is 13.8 Å². The van der Waals surface area contributed by atoms with Crippen LogP contribution in [0.5, 0.6) is 5.19 Å². The average Bonchev–Trinajstić information content (AvgIpc) is 3.49. The number of ether oxygens (including phenoxy) is 1. The Hall–Kier alpha value is -3.35. The van der Waals surface area contributed by atoms with Crippen LogP contribution in [0.25, 0.3) is 21.6 Å². The molecule has 1 unspecified atom stereocenters. The van der Waals surface area contributed by atoms with Gasteiger partial charge in [0.15, 0.2) is 11.9 Å². The first-order valence-electron chi connectivity index (χ1n) is 11.4. The third-order valence-corrected chi connectivity index (χ3v) is 6.85. The molecule has 4 aromatic rings. The summed E-state index contributed by atoms with van der Waals surface area (Å²) in [5.74, 6) is -0.760. The summed E-state index contributed by atoms with van der Waals surface area (Å²) < 4.78 is 66.3. The Morgan fingerprint density at radius 2 is 1.89 bits per heavy atom. The maximum absolute atomic E-state index is 14.0. The summed E-state index contributed by atoms with van der Waals surface area (Å²) in [4.78, 5) is 18.7. The fraction of sp³-hybridized carbons (Fsp3) is 0.435. The molecule has 1 aliphatic heterocycles. The largest absolute Gasteiger partial charge is 0.457 e. The maximum atomic E-state index is 14.0. The van der Waals surface area contributed by atoms with Gasteiger partial charge in [0.25, 0.3) is 5.19 Å². The topological polar surface area (TPSA) is 90.1 Å². The van der Waals surface area contributed by atoms with E-state index in [1.54, 1.807) is 23.1 Å². The van der Waals surface area contributed by atoms with Gasteiger partial charge in [-0.2, -0.15) is 22.5 Å². The molecule has 1 atom stereocenters. The van der Waals surface area contributed by atoms with Gasteiger partial charge in [0.1, 0.15) is 10.3 Å². The number of fused-ring (bicyclic) bond motifs is 1. The molecule has 4 aromatic heterocycles. The fourth-order valence-electron chi connectivity index (χ4n) is 4.09. The Kier molecular flexibility index (Phi) is 6.49. The quantitative estimate of drug-likeness (QED) is 0.238. The van der Waals surface area contributed by atoms with Crippen molar-refractivity contribution >= 4 is 27.7 Å². The molecule has 1 fully saturated rings. The van der Waals surface area contributed by atoms with Crippen LogP contribution >= 0.6 is 11.3 Å². The van der Waals surface area contributed by atoms with Crippen LogP contribution < -0.4 is 9.64 Å². The van der Waals surface area contributed by atoms with E-state index in [2.05, 4.69) is 25.1 Å². The van der Waals surface area contributed by atoms with Gasteiger partial charge in [0.2, 0.25) is 5.95 Å². The molecule has 0 amide bonds. The normalized spacial score (nSPS) is 16.1. The zero-order valence-corrected chi connectivity index (χ0v) is 20.2. The Balaban J connectivity index is 1.31. The molecule has 0 N–H and O–H groups in total. The Labute approximate surface area is 207 Å². The highest BCUT2D eigenvalue weighted by molar-refractivity contribution is 7.19. The number of piperidine rings is 1. The molecule has 190 valence electrons. The van der Waals surface area contributed by atoms with Gasteiger partial charge in [-0.1, -0.05) is 30.3 Å². The van der Waals surface area contributed by atoms with Gasteiger partial charge in [-0.25, -0.2) is 15.0 Å². The monoisotopic (exact) mass is 522 g/mol. The first-order chi connectivity index (χ1) is 17.2. The van der Waals surface area contributed by atoms with E-state index < -0.39 is 24.1 Å². The lowest BCUT2D eigenvalue weighted by molar-refractivity contribution is -0.211. The molecule has 8 nitrogen and oxygen atoms in total. The summed E-state index contributed by atoms with van der Waals surface area (Å²) in [6, 6.07) is 6.40. The summed E-state index contributed by atoms with van der Waals surface area (Å²) in [7, 11) is 0. The Morgan fingerprint density at radius 1 is 1.11 bits per heavy atom. The van der Waals surface area contributed by atoms with E-state index in [0.29, 0.717) is 46.5 Å². The number of rotatable bonds is 6. The van der Waals surface area contributed by atoms with Crippen LogP contribution in [0, 0.1) is 11.9 Å². The highest BCUT2D eigenvalue weighted by atomic mass is 32.1. The Bertz CT molecular complexity index is 1350. The van der Waals surface area contributed by atoms with Gasteiger partial charge in [0, 0.05) is 42.8 Å². The molecule has 0 aromatic carbocycles. The third kappa shape index (κ3) is 5.11. The lowest BCUT2D eigenvalue weighted by atomic mass is 9.91. The van der Waals surface area contributed by atoms with Crippen molar-refractivity contribution in [3.8, 4) is 16.5 Å². The first kappa shape index (κ1) is 24.3. The van der Waals surface area contributed by atoms with Crippen LogP contribution in [0.1, 0.15) is 38.4 Å². The van der Waals surface area contributed by atoms with E-state index in [1.165, 1.54) is 12.3 Å². The average molecular weight is 523 g/mol. The summed E-state index contributed by atoms with van der Waals surface area (Å²) in [6.07, 6.45) is -4.79. The molecule has 13 heteroatoms. The van der Waals surface area contributed by atoms with E-state index in [4.69, 9.17) is 9.26 Å². The molecule has 0 aliphatic carbocycles. The highest BCUT2D eigenvalue weighted by Gasteiger charge is 2.48. The van der Waals surface area contributed by atoms with Crippen molar-refractivity contribution in [3.05, 3.63) is 42.2 Å². The van der Waals surface area contributed by atoms with Gasteiger partial charge >= 0.3 is 12.2 Å². The molecule has 0 bridgehead atoms. The molecular weight excluding hydrogens is 500 g/mol. The summed E-state index contributed by atoms with van der Waals surface area (Å²) >= 11 is 0.924. The van der Waals surface area contributed by atoms with Gasteiger partial charge < -0.3 is 14.2 Å².